The van der Waals surface area contributed by atoms with E-state index in [0.29, 0.717) is 29.4 Å². The van der Waals surface area contributed by atoms with Gasteiger partial charge in [0.2, 0.25) is 5.78 Å². The molecule has 3 rings (SSSR count). The summed E-state index contributed by atoms with van der Waals surface area (Å²) in [7, 11) is 0. The summed E-state index contributed by atoms with van der Waals surface area (Å²) in [6, 6.07) is 13.7. The SMILES string of the molecule is CC(C)=C1Oc2cc(OC/C=C/c3ccccc3)cc(C)c2C1=O. The number of fused-ring (bicyclic) bond motifs is 1. The molecular weight excluding hydrogens is 300 g/mol. The van der Waals surface area contributed by atoms with Crippen molar-refractivity contribution < 1.29 is 14.3 Å². The first-order valence-electron chi connectivity index (χ1n) is 7.95. The molecule has 1 aliphatic rings. The van der Waals surface area contributed by atoms with Crippen LogP contribution in [0.25, 0.3) is 6.08 Å². The van der Waals surface area contributed by atoms with Gasteiger partial charge in [-0.15, -0.1) is 0 Å². The second-order valence-electron chi connectivity index (χ2n) is 6.00. The van der Waals surface area contributed by atoms with Gasteiger partial charge in [-0.2, -0.15) is 0 Å². The molecule has 0 aliphatic carbocycles. The number of benzene rings is 2. The second-order valence-corrected chi connectivity index (χ2v) is 6.00. The van der Waals surface area contributed by atoms with Crippen LogP contribution >= 0.6 is 0 Å². The molecule has 1 heterocycles. The highest BCUT2D eigenvalue weighted by Crippen LogP contribution is 2.37. The number of aryl methyl sites for hydroxylation is 1. The van der Waals surface area contributed by atoms with E-state index in [0.717, 1.165) is 16.7 Å². The van der Waals surface area contributed by atoms with Gasteiger partial charge in [-0.1, -0.05) is 36.4 Å². The van der Waals surface area contributed by atoms with E-state index in [1.54, 1.807) is 6.07 Å². The molecular formula is C21H20O3. The summed E-state index contributed by atoms with van der Waals surface area (Å²) in [6.45, 7) is 6.11. The van der Waals surface area contributed by atoms with Gasteiger partial charge in [-0.3, -0.25) is 4.79 Å². The summed E-state index contributed by atoms with van der Waals surface area (Å²) in [6.07, 6.45) is 3.98. The van der Waals surface area contributed by atoms with Crippen LogP contribution in [0.1, 0.15) is 35.3 Å². The van der Waals surface area contributed by atoms with Crippen molar-refractivity contribution in [3.05, 3.63) is 76.6 Å². The van der Waals surface area contributed by atoms with Crippen molar-refractivity contribution in [3.8, 4) is 11.5 Å². The molecule has 0 fully saturated rings. The monoisotopic (exact) mass is 320 g/mol. The first kappa shape index (κ1) is 16.1. The van der Waals surface area contributed by atoms with Gasteiger partial charge in [0, 0.05) is 6.07 Å². The molecule has 24 heavy (non-hydrogen) atoms. The molecule has 0 N–H and O–H groups in total. The smallest absolute Gasteiger partial charge is 0.232 e. The lowest BCUT2D eigenvalue weighted by molar-refractivity contribution is 0.101. The lowest BCUT2D eigenvalue weighted by atomic mass is 10.0. The van der Waals surface area contributed by atoms with Crippen LogP contribution in [0.4, 0.5) is 0 Å². The summed E-state index contributed by atoms with van der Waals surface area (Å²) in [5.74, 6) is 1.66. The molecule has 0 unspecified atom stereocenters. The molecule has 122 valence electrons. The topological polar surface area (TPSA) is 35.5 Å². The average Bonchev–Trinajstić information content (AvgIpc) is 2.90. The number of hydrogen-bond donors (Lipinski definition) is 0. The predicted octanol–water partition coefficient (Wildman–Crippen LogP) is 4.96. The summed E-state index contributed by atoms with van der Waals surface area (Å²) >= 11 is 0. The van der Waals surface area contributed by atoms with Crippen molar-refractivity contribution in [2.24, 2.45) is 0 Å². The van der Waals surface area contributed by atoms with Gasteiger partial charge in [0.15, 0.2) is 5.76 Å². The molecule has 1 aliphatic heterocycles. The summed E-state index contributed by atoms with van der Waals surface area (Å²) in [5, 5.41) is 0. The van der Waals surface area contributed by atoms with E-state index in [4.69, 9.17) is 9.47 Å². The Morgan fingerprint density at radius 2 is 1.92 bits per heavy atom. The number of carbonyl (C=O) groups is 1. The van der Waals surface area contributed by atoms with Crippen LogP contribution in [0.3, 0.4) is 0 Å². The number of ketones is 1. The average molecular weight is 320 g/mol. The van der Waals surface area contributed by atoms with Crippen molar-refractivity contribution >= 4 is 11.9 Å². The van der Waals surface area contributed by atoms with Gasteiger partial charge < -0.3 is 9.47 Å². The van der Waals surface area contributed by atoms with Crippen molar-refractivity contribution in [2.45, 2.75) is 20.8 Å². The maximum Gasteiger partial charge on any atom is 0.232 e. The molecule has 0 bridgehead atoms. The molecule has 0 saturated carbocycles. The molecule has 0 aromatic heterocycles. The van der Waals surface area contributed by atoms with Gasteiger partial charge in [-0.05, 0) is 49.6 Å². The number of Topliss-reactive ketones (excluding diaryl/α,β-unsaturated/α-hetero) is 1. The molecule has 2 aromatic carbocycles. The Kier molecular flexibility index (Phi) is 4.52. The van der Waals surface area contributed by atoms with Crippen LogP contribution in [0, 0.1) is 6.92 Å². The fourth-order valence-corrected chi connectivity index (χ4v) is 2.67. The Bertz CT molecular complexity index is 826. The number of ether oxygens (including phenoxy) is 2. The van der Waals surface area contributed by atoms with Crippen molar-refractivity contribution in [3.63, 3.8) is 0 Å². The van der Waals surface area contributed by atoms with Crippen molar-refractivity contribution in [1.29, 1.82) is 0 Å². The molecule has 0 saturated heterocycles. The van der Waals surface area contributed by atoms with Crippen molar-refractivity contribution in [2.75, 3.05) is 6.61 Å². The fourth-order valence-electron chi connectivity index (χ4n) is 2.67. The number of hydrogen-bond acceptors (Lipinski definition) is 3. The zero-order valence-electron chi connectivity index (χ0n) is 14.1. The summed E-state index contributed by atoms with van der Waals surface area (Å²) in [5.41, 5.74) is 3.52. The first-order chi connectivity index (χ1) is 11.6. The van der Waals surface area contributed by atoms with Gasteiger partial charge in [-0.25, -0.2) is 0 Å². The van der Waals surface area contributed by atoms with Crippen LogP contribution in [-0.4, -0.2) is 12.4 Å². The van der Waals surface area contributed by atoms with Crippen LogP contribution in [-0.2, 0) is 0 Å². The third-order valence-electron chi connectivity index (χ3n) is 3.83. The van der Waals surface area contributed by atoms with Gasteiger partial charge in [0.05, 0.1) is 5.56 Å². The van der Waals surface area contributed by atoms with Gasteiger partial charge >= 0.3 is 0 Å². The van der Waals surface area contributed by atoms with Crippen molar-refractivity contribution in [1.82, 2.24) is 0 Å². The van der Waals surface area contributed by atoms with Crippen LogP contribution in [0.2, 0.25) is 0 Å². The van der Waals surface area contributed by atoms with Crippen LogP contribution in [0.15, 0.2) is 59.9 Å². The Morgan fingerprint density at radius 3 is 2.62 bits per heavy atom. The lowest BCUT2D eigenvalue weighted by Crippen LogP contribution is -2.01. The maximum absolute atomic E-state index is 12.4. The second kappa shape index (κ2) is 6.75. The lowest BCUT2D eigenvalue weighted by Gasteiger charge is -2.07. The largest absolute Gasteiger partial charge is 0.489 e. The Hall–Kier alpha value is -2.81. The highest BCUT2D eigenvalue weighted by atomic mass is 16.5. The fraction of sp³-hybridized carbons (Fsp3) is 0.190. The number of allylic oxidation sites excluding steroid dienone is 2. The van der Waals surface area contributed by atoms with E-state index in [2.05, 4.69) is 0 Å². The maximum atomic E-state index is 12.4. The molecule has 3 nitrogen and oxygen atoms in total. The van der Waals surface area contributed by atoms with E-state index in [1.807, 2.05) is 69.3 Å². The zero-order chi connectivity index (χ0) is 17.1. The Labute approximate surface area is 142 Å². The summed E-state index contributed by atoms with van der Waals surface area (Å²) < 4.78 is 11.5. The standard InChI is InChI=1S/C21H20O3/c1-14(2)21-20(22)19-15(3)12-17(13-18(19)24-21)23-11-7-10-16-8-5-4-6-9-16/h4-10,12-13H,11H2,1-3H3/b10-7+. The predicted molar refractivity (Wildman–Crippen MR) is 95.5 cm³/mol. The Morgan fingerprint density at radius 1 is 1.17 bits per heavy atom. The molecule has 0 radical (unpaired) electrons. The molecule has 0 amide bonds. The van der Waals surface area contributed by atoms with Gasteiger partial charge in [0.25, 0.3) is 0 Å². The molecule has 0 atom stereocenters. The minimum Gasteiger partial charge on any atom is -0.489 e. The van der Waals surface area contributed by atoms with E-state index in [1.165, 1.54) is 0 Å². The molecule has 3 heteroatoms. The highest BCUT2D eigenvalue weighted by Gasteiger charge is 2.30. The minimum absolute atomic E-state index is 0.0435. The Balaban J connectivity index is 1.72. The first-order valence-corrected chi connectivity index (χ1v) is 7.95. The van der Waals surface area contributed by atoms with E-state index < -0.39 is 0 Å². The highest BCUT2D eigenvalue weighted by molar-refractivity contribution is 6.13. The van der Waals surface area contributed by atoms with E-state index >= 15 is 0 Å². The van der Waals surface area contributed by atoms with Crippen LogP contribution < -0.4 is 9.47 Å². The summed E-state index contributed by atoms with van der Waals surface area (Å²) in [4.78, 5) is 12.4. The molecule has 0 spiro atoms. The van der Waals surface area contributed by atoms with Gasteiger partial charge in [0.1, 0.15) is 18.1 Å². The number of rotatable bonds is 4. The van der Waals surface area contributed by atoms with Crippen LogP contribution in [0.5, 0.6) is 11.5 Å². The third kappa shape index (κ3) is 3.25. The van der Waals surface area contributed by atoms with E-state index in [9.17, 15) is 4.79 Å². The minimum atomic E-state index is -0.0435. The zero-order valence-corrected chi connectivity index (χ0v) is 14.1. The van der Waals surface area contributed by atoms with E-state index in [-0.39, 0.29) is 5.78 Å². The quantitative estimate of drug-likeness (QED) is 0.747. The molecule has 2 aromatic rings. The third-order valence-corrected chi connectivity index (χ3v) is 3.83. The number of carbonyl (C=O) groups excluding carboxylic acids is 1. The normalized spacial score (nSPS) is 13.1.